The standard InChI is InChI=1S/C34H48N4O12/c1-22(31(41)44-2)37-28(39)12-11-24-17-26(48-33(43)36-19-23-7-3-9-27-30(23)47-21-46-27)18-34(49-24)13-4-8-25(50-34)20-45-32(42)35-14-6-16-38-15-5-10-29(38)40/h3,7,9,22,24-26H,4-6,8,10-21H2,1-2H3,(H,35,42)(H,36,43)(H,37,39)/t22-,24+,25+,26+,34-/m0/s1. The number of amides is 4. The van der Waals surface area contributed by atoms with E-state index in [0.717, 1.165) is 18.5 Å². The van der Waals surface area contributed by atoms with Crippen molar-refractivity contribution in [1.82, 2.24) is 20.9 Å². The van der Waals surface area contributed by atoms with E-state index in [9.17, 15) is 24.0 Å². The van der Waals surface area contributed by atoms with E-state index in [-0.39, 0.29) is 51.0 Å². The van der Waals surface area contributed by atoms with Crippen LogP contribution in [0.5, 0.6) is 11.5 Å². The van der Waals surface area contributed by atoms with Gasteiger partial charge in [0, 0.05) is 63.8 Å². The second-order valence-corrected chi connectivity index (χ2v) is 13.0. The van der Waals surface area contributed by atoms with E-state index in [1.54, 1.807) is 11.0 Å². The fraction of sp³-hybridized carbons (Fsp3) is 0.676. The molecule has 4 aliphatic heterocycles. The molecule has 276 valence electrons. The molecule has 0 saturated carbocycles. The van der Waals surface area contributed by atoms with Crippen LogP contribution in [0.25, 0.3) is 0 Å². The maximum Gasteiger partial charge on any atom is 0.407 e. The third kappa shape index (κ3) is 10.4. The number of alkyl carbamates (subject to hydrolysis) is 2. The molecule has 1 aromatic carbocycles. The largest absolute Gasteiger partial charge is 0.467 e. The molecule has 16 heteroatoms. The van der Waals surface area contributed by atoms with E-state index in [1.807, 2.05) is 12.1 Å². The summed E-state index contributed by atoms with van der Waals surface area (Å²) in [6.07, 6.45) is 2.08. The smallest absolute Gasteiger partial charge is 0.407 e. The molecule has 16 nitrogen and oxygen atoms in total. The van der Waals surface area contributed by atoms with Crippen LogP contribution in [0.2, 0.25) is 0 Å². The van der Waals surface area contributed by atoms with Gasteiger partial charge in [-0.3, -0.25) is 9.59 Å². The van der Waals surface area contributed by atoms with Crippen LogP contribution >= 0.6 is 0 Å². The Bertz CT molecular complexity index is 1380. The summed E-state index contributed by atoms with van der Waals surface area (Å²) < 4.78 is 39.9. The molecule has 4 aliphatic rings. The summed E-state index contributed by atoms with van der Waals surface area (Å²) in [6.45, 7) is 3.54. The lowest BCUT2D eigenvalue weighted by molar-refractivity contribution is -0.329. The van der Waals surface area contributed by atoms with Crippen molar-refractivity contribution in [3.8, 4) is 11.5 Å². The van der Waals surface area contributed by atoms with Crippen molar-refractivity contribution >= 4 is 30.0 Å². The zero-order valence-electron chi connectivity index (χ0n) is 28.7. The van der Waals surface area contributed by atoms with Gasteiger partial charge in [-0.1, -0.05) is 12.1 Å². The van der Waals surface area contributed by atoms with Crippen LogP contribution < -0.4 is 25.4 Å². The Labute approximate surface area is 291 Å². The molecule has 0 aromatic heterocycles. The highest BCUT2D eigenvalue weighted by Gasteiger charge is 2.47. The first kappa shape index (κ1) is 37.0. The van der Waals surface area contributed by atoms with E-state index in [1.165, 1.54) is 14.0 Å². The summed E-state index contributed by atoms with van der Waals surface area (Å²) in [7, 11) is 1.25. The second-order valence-electron chi connectivity index (χ2n) is 13.0. The van der Waals surface area contributed by atoms with Crippen molar-refractivity contribution in [3.05, 3.63) is 23.8 Å². The van der Waals surface area contributed by atoms with Gasteiger partial charge in [0.2, 0.25) is 18.6 Å². The summed E-state index contributed by atoms with van der Waals surface area (Å²) in [6, 6.07) is 4.63. The number of hydrogen-bond donors (Lipinski definition) is 3. The number of methoxy groups -OCH3 is 1. The number of esters is 1. The van der Waals surface area contributed by atoms with Crippen LogP contribution in [0, 0.1) is 0 Å². The highest BCUT2D eigenvalue weighted by molar-refractivity contribution is 5.84. The maximum absolute atomic E-state index is 13.0. The lowest BCUT2D eigenvalue weighted by Crippen LogP contribution is -2.53. The minimum atomic E-state index is -1.12. The van der Waals surface area contributed by atoms with Crippen LogP contribution in [0.15, 0.2) is 18.2 Å². The maximum atomic E-state index is 13.0. The summed E-state index contributed by atoms with van der Waals surface area (Å²) in [5.74, 6) is -0.696. The zero-order chi connectivity index (χ0) is 35.5. The fourth-order valence-corrected chi connectivity index (χ4v) is 6.72. The normalized spacial score (nSPS) is 24.7. The molecule has 0 unspecified atom stereocenters. The number of para-hydroxylation sites is 1. The van der Waals surface area contributed by atoms with Gasteiger partial charge in [0.15, 0.2) is 17.3 Å². The molecular weight excluding hydrogens is 656 g/mol. The monoisotopic (exact) mass is 704 g/mol. The highest BCUT2D eigenvalue weighted by Crippen LogP contribution is 2.41. The molecule has 0 bridgehead atoms. The van der Waals surface area contributed by atoms with Crippen molar-refractivity contribution in [2.75, 3.05) is 40.1 Å². The van der Waals surface area contributed by atoms with E-state index >= 15 is 0 Å². The molecule has 0 radical (unpaired) electrons. The lowest BCUT2D eigenvalue weighted by Gasteiger charge is -2.47. The van der Waals surface area contributed by atoms with Crippen LogP contribution in [-0.2, 0) is 44.6 Å². The predicted octanol–water partition coefficient (Wildman–Crippen LogP) is 2.65. The molecule has 3 N–H and O–H groups in total. The first-order valence-electron chi connectivity index (χ1n) is 17.4. The molecule has 0 aliphatic carbocycles. The number of likely N-dealkylation sites (tertiary alicyclic amines) is 1. The summed E-state index contributed by atoms with van der Waals surface area (Å²) in [5.41, 5.74) is 0.745. The predicted molar refractivity (Wildman–Crippen MR) is 174 cm³/mol. The molecule has 4 heterocycles. The molecule has 1 spiro atoms. The third-order valence-electron chi connectivity index (χ3n) is 9.16. The van der Waals surface area contributed by atoms with Gasteiger partial charge in [-0.25, -0.2) is 14.4 Å². The average Bonchev–Trinajstić information content (AvgIpc) is 3.76. The number of nitrogens with zero attached hydrogens (tertiary/aromatic N) is 1. The van der Waals surface area contributed by atoms with Crippen LogP contribution in [0.3, 0.4) is 0 Å². The van der Waals surface area contributed by atoms with Gasteiger partial charge in [0.25, 0.3) is 0 Å². The van der Waals surface area contributed by atoms with Crippen molar-refractivity contribution in [3.63, 3.8) is 0 Å². The Morgan fingerprint density at radius 3 is 2.72 bits per heavy atom. The SMILES string of the molecule is COC(=O)[C@H](C)NC(=O)CC[C@@H]1C[C@@H](OC(=O)NCc2cccc3c2OCO3)C[C@@]2(CCC[C@H](COC(=O)NCCCN3CCCC3=O)O2)O1. The zero-order valence-corrected chi connectivity index (χ0v) is 28.7. The Balaban J connectivity index is 1.14. The summed E-state index contributed by atoms with van der Waals surface area (Å²) >= 11 is 0. The van der Waals surface area contributed by atoms with Crippen molar-refractivity contribution < 1.29 is 57.1 Å². The van der Waals surface area contributed by atoms with Gasteiger partial charge in [0.1, 0.15) is 18.8 Å². The van der Waals surface area contributed by atoms with Crippen molar-refractivity contribution in [2.45, 2.75) is 108 Å². The van der Waals surface area contributed by atoms with Crippen LogP contribution in [0.1, 0.15) is 76.7 Å². The van der Waals surface area contributed by atoms with Gasteiger partial charge in [-0.05, 0) is 45.1 Å². The highest BCUT2D eigenvalue weighted by atomic mass is 16.7. The number of carbonyl (C=O) groups is 5. The number of fused-ring (bicyclic) bond motifs is 1. The quantitative estimate of drug-likeness (QED) is 0.146. The summed E-state index contributed by atoms with van der Waals surface area (Å²) in [4.78, 5) is 63.4. The number of benzene rings is 1. The molecule has 5 rings (SSSR count). The Hall–Kier alpha value is -4.31. The first-order chi connectivity index (χ1) is 24.1. The average molecular weight is 705 g/mol. The minimum Gasteiger partial charge on any atom is -0.467 e. The topological polar surface area (TPSA) is 189 Å². The Morgan fingerprint density at radius 1 is 1.08 bits per heavy atom. The second kappa shape index (κ2) is 17.6. The van der Waals surface area contributed by atoms with Gasteiger partial charge in [0.05, 0.1) is 19.3 Å². The first-order valence-corrected chi connectivity index (χ1v) is 17.4. The van der Waals surface area contributed by atoms with E-state index in [0.29, 0.717) is 63.1 Å². The van der Waals surface area contributed by atoms with Crippen LogP contribution in [0.4, 0.5) is 9.59 Å². The van der Waals surface area contributed by atoms with Gasteiger partial charge < -0.3 is 54.0 Å². The van der Waals surface area contributed by atoms with E-state index < -0.39 is 48.3 Å². The van der Waals surface area contributed by atoms with E-state index in [2.05, 4.69) is 20.7 Å². The van der Waals surface area contributed by atoms with Gasteiger partial charge in [-0.15, -0.1) is 0 Å². The molecule has 4 amide bonds. The summed E-state index contributed by atoms with van der Waals surface area (Å²) in [5, 5.41) is 8.12. The fourth-order valence-electron chi connectivity index (χ4n) is 6.72. The molecule has 5 atom stereocenters. The molecular formula is C34H48N4O12. The van der Waals surface area contributed by atoms with E-state index in [4.69, 9.17) is 28.4 Å². The molecule has 1 aromatic rings. The van der Waals surface area contributed by atoms with Crippen molar-refractivity contribution in [1.29, 1.82) is 0 Å². The van der Waals surface area contributed by atoms with Gasteiger partial charge in [-0.2, -0.15) is 0 Å². The Kier molecular flexibility index (Phi) is 13.0. The number of rotatable bonds is 14. The number of nitrogens with one attached hydrogen (secondary N) is 3. The lowest BCUT2D eigenvalue weighted by atomic mass is 9.90. The molecule has 50 heavy (non-hydrogen) atoms. The Morgan fingerprint density at radius 2 is 1.92 bits per heavy atom. The molecule has 3 saturated heterocycles. The molecule has 3 fully saturated rings. The van der Waals surface area contributed by atoms with Gasteiger partial charge >= 0.3 is 18.2 Å². The third-order valence-corrected chi connectivity index (χ3v) is 9.16. The number of hydrogen-bond acceptors (Lipinski definition) is 12. The number of ether oxygens (including phenoxy) is 7. The number of carbonyl (C=O) groups excluding carboxylic acids is 5. The minimum absolute atomic E-state index is 0.000758. The van der Waals surface area contributed by atoms with Crippen LogP contribution in [-0.4, -0.2) is 105 Å². The van der Waals surface area contributed by atoms with Crippen molar-refractivity contribution in [2.24, 2.45) is 0 Å².